The van der Waals surface area contributed by atoms with Crippen LogP contribution < -0.4 is 0 Å². The van der Waals surface area contributed by atoms with E-state index in [1.807, 2.05) is 0 Å². The lowest BCUT2D eigenvalue weighted by Gasteiger charge is -2.14. The maximum Gasteiger partial charge on any atom is 0.256 e. The zero-order valence-electron chi connectivity index (χ0n) is 8.00. The molecule has 1 heterocycles. The number of hydrogen-bond acceptors (Lipinski definition) is 2. The molecule has 0 spiro atoms. The number of halogens is 2. The minimum atomic E-state index is -0.276. The minimum Gasteiger partial charge on any atom is -0.331 e. The third kappa shape index (κ3) is 2.85. The van der Waals surface area contributed by atoms with E-state index in [1.165, 1.54) is 17.2 Å². The predicted molar refractivity (Wildman–Crippen MR) is 60.1 cm³/mol. The maximum atomic E-state index is 11.8. The van der Waals surface area contributed by atoms with Gasteiger partial charge in [0.25, 0.3) is 5.91 Å². The Balaban J connectivity index is 3.01. The highest BCUT2D eigenvalue weighted by Crippen LogP contribution is 2.19. The third-order valence-electron chi connectivity index (χ3n) is 1.73. The van der Waals surface area contributed by atoms with Crippen LogP contribution in [0.2, 0.25) is 10.2 Å². The first-order valence-electron chi connectivity index (χ1n) is 4.06. The first-order valence-corrected chi connectivity index (χ1v) is 4.82. The molecule has 0 aromatic carbocycles. The van der Waals surface area contributed by atoms with Crippen LogP contribution in [0.4, 0.5) is 0 Å². The Hall–Kier alpha value is -1.24. The van der Waals surface area contributed by atoms with Gasteiger partial charge in [-0.15, -0.1) is 6.42 Å². The summed E-state index contributed by atoms with van der Waals surface area (Å²) in [7, 11) is 1.59. The van der Waals surface area contributed by atoms with Gasteiger partial charge in [0, 0.05) is 13.2 Å². The number of nitrogens with zero attached hydrogens (tertiary/aromatic N) is 2. The van der Waals surface area contributed by atoms with Crippen LogP contribution in [0.3, 0.4) is 0 Å². The van der Waals surface area contributed by atoms with Gasteiger partial charge >= 0.3 is 0 Å². The number of aromatic nitrogens is 1. The summed E-state index contributed by atoms with van der Waals surface area (Å²) >= 11 is 11.5. The fourth-order valence-electron chi connectivity index (χ4n) is 0.991. The van der Waals surface area contributed by atoms with Gasteiger partial charge in [-0.2, -0.15) is 0 Å². The van der Waals surface area contributed by atoms with Crippen LogP contribution >= 0.6 is 23.2 Å². The van der Waals surface area contributed by atoms with E-state index in [-0.39, 0.29) is 22.6 Å². The van der Waals surface area contributed by atoms with Crippen LogP contribution in [0.15, 0.2) is 12.3 Å². The predicted octanol–water partition coefficient (Wildman–Crippen LogP) is 2.09. The van der Waals surface area contributed by atoms with Gasteiger partial charge in [0.1, 0.15) is 5.15 Å². The van der Waals surface area contributed by atoms with E-state index in [0.717, 1.165) is 0 Å². The summed E-state index contributed by atoms with van der Waals surface area (Å²) in [6, 6.07) is 1.42. The lowest BCUT2D eigenvalue weighted by atomic mass is 10.2. The van der Waals surface area contributed by atoms with E-state index in [4.69, 9.17) is 29.6 Å². The molecule has 3 nitrogen and oxygen atoms in total. The average Bonchev–Trinajstić information content (AvgIpc) is 2.21. The van der Waals surface area contributed by atoms with Crippen LogP contribution in [0.1, 0.15) is 10.4 Å². The molecule has 0 aliphatic rings. The number of rotatable bonds is 2. The molecule has 15 heavy (non-hydrogen) atoms. The van der Waals surface area contributed by atoms with E-state index in [0.29, 0.717) is 5.56 Å². The first-order chi connectivity index (χ1) is 7.06. The Morgan fingerprint density at radius 1 is 1.67 bits per heavy atom. The fraction of sp³-hybridized carbons (Fsp3) is 0.200. The molecule has 0 saturated carbocycles. The first kappa shape index (κ1) is 11.8. The summed E-state index contributed by atoms with van der Waals surface area (Å²) < 4.78 is 0. The molecule has 0 aliphatic heterocycles. The summed E-state index contributed by atoms with van der Waals surface area (Å²) in [5.74, 6) is 2.09. The van der Waals surface area contributed by atoms with Crippen LogP contribution in [0.5, 0.6) is 0 Å². The number of carbonyl (C=O) groups is 1. The van der Waals surface area contributed by atoms with Crippen molar-refractivity contribution >= 4 is 29.1 Å². The molecule has 0 aliphatic carbocycles. The second kappa shape index (κ2) is 5.01. The van der Waals surface area contributed by atoms with Crippen LogP contribution in [-0.4, -0.2) is 29.4 Å². The molecule has 0 fully saturated rings. The Labute approximate surface area is 98.0 Å². The largest absolute Gasteiger partial charge is 0.331 e. The summed E-state index contributed by atoms with van der Waals surface area (Å²) in [5, 5.41) is 0.477. The molecular weight excluding hydrogens is 235 g/mol. The summed E-state index contributed by atoms with van der Waals surface area (Å²) in [6.07, 6.45) is 6.43. The SMILES string of the molecule is C#CCN(C)C(=O)c1cc(Cl)ncc1Cl. The Kier molecular flexibility index (Phi) is 3.96. The standard InChI is InChI=1S/C10H8Cl2N2O/c1-3-4-14(2)10(15)7-5-9(12)13-6-8(7)11/h1,5-6H,4H2,2H3. The molecule has 0 atom stereocenters. The highest BCUT2D eigenvalue weighted by molar-refractivity contribution is 6.35. The lowest BCUT2D eigenvalue weighted by molar-refractivity contribution is 0.0812. The molecule has 0 unspecified atom stereocenters. The molecule has 0 bridgehead atoms. The zero-order valence-corrected chi connectivity index (χ0v) is 9.51. The van der Waals surface area contributed by atoms with E-state index in [2.05, 4.69) is 10.9 Å². The van der Waals surface area contributed by atoms with Crippen molar-refractivity contribution in [3.05, 3.63) is 28.0 Å². The number of terminal acetylenes is 1. The van der Waals surface area contributed by atoms with Gasteiger partial charge in [0.2, 0.25) is 0 Å². The Bertz CT molecular complexity index is 426. The minimum absolute atomic E-state index is 0.217. The van der Waals surface area contributed by atoms with Crippen LogP contribution in [0.25, 0.3) is 0 Å². The van der Waals surface area contributed by atoms with Crippen molar-refractivity contribution < 1.29 is 4.79 Å². The smallest absolute Gasteiger partial charge is 0.256 e. The van der Waals surface area contributed by atoms with Crippen molar-refractivity contribution in [1.82, 2.24) is 9.88 Å². The van der Waals surface area contributed by atoms with Crippen molar-refractivity contribution in [3.8, 4) is 12.3 Å². The number of amides is 1. The third-order valence-corrected chi connectivity index (χ3v) is 2.24. The van der Waals surface area contributed by atoms with Gasteiger partial charge in [-0.25, -0.2) is 4.98 Å². The highest BCUT2D eigenvalue weighted by Gasteiger charge is 2.15. The molecule has 0 saturated heterocycles. The van der Waals surface area contributed by atoms with E-state index in [9.17, 15) is 4.79 Å². The maximum absolute atomic E-state index is 11.8. The molecule has 1 amide bonds. The van der Waals surface area contributed by atoms with Gasteiger partial charge in [0.05, 0.1) is 17.1 Å². The molecule has 5 heteroatoms. The Morgan fingerprint density at radius 2 is 2.33 bits per heavy atom. The van der Waals surface area contributed by atoms with Crippen LogP contribution in [0, 0.1) is 12.3 Å². The fourth-order valence-corrected chi connectivity index (χ4v) is 1.33. The van der Waals surface area contributed by atoms with E-state index >= 15 is 0 Å². The quantitative estimate of drug-likeness (QED) is 0.588. The van der Waals surface area contributed by atoms with Crippen molar-refractivity contribution in [2.45, 2.75) is 0 Å². The molecule has 1 rings (SSSR count). The highest BCUT2D eigenvalue weighted by atomic mass is 35.5. The van der Waals surface area contributed by atoms with Gasteiger partial charge in [0.15, 0.2) is 0 Å². The lowest BCUT2D eigenvalue weighted by Crippen LogP contribution is -2.27. The number of hydrogen-bond donors (Lipinski definition) is 0. The van der Waals surface area contributed by atoms with Crippen molar-refractivity contribution in [3.63, 3.8) is 0 Å². The summed E-state index contributed by atoms with van der Waals surface area (Å²) in [5.41, 5.74) is 0.300. The van der Waals surface area contributed by atoms with Gasteiger partial charge in [-0.05, 0) is 6.07 Å². The van der Waals surface area contributed by atoms with E-state index in [1.54, 1.807) is 7.05 Å². The second-order valence-electron chi connectivity index (χ2n) is 2.85. The molecule has 0 radical (unpaired) electrons. The van der Waals surface area contributed by atoms with Gasteiger partial charge in [-0.3, -0.25) is 4.79 Å². The molecule has 1 aromatic heterocycles. The monoisotopic (exact) mass is 242 g/mol. The number of pyridine rings is 1. The molecule has 0 N–H and O–H groups in total. The van der Waals surface area contributed by atoms with Crippen LogP contribution in [-0.2, 0) is 0 Å². The van der Waals surface area contributed by atoms with Crippen molar-refractivity contribution in [1.29, 1.82) is 0 Å². The normalized spacial score (nSPS) is 9.47. The van der Waals surface area contributed by atoms with Crippen molar-refractivity contribution in [2.24, 2.45) is 0 Å². The number of carbonyl (C=O) groups excluding carboxylic acids is 1. The summed E-state index contributed by atoms with van der Waals surface area (Å²) in [6.45, 7) is 0.217. The topological polar surface area (TPSA) is 33.2 Å². The second-order valence-corrected chi connectivity index (χ2v) is 3.65. The van der Waals surface area contributed by atoms with Gasteiger partial charge in [-0.1, -0.05) is 29.1 Å². The average molecular weight is 243 g/mol. The molecule has 78 valence electrons. The van der Waals surface area contributed by atoms with E-state index < -0.39 is 0 Å². The molecular formula is C10H8Cl2N2O. The Morgan fingerprint density at radius 3 is 2.93 bits per heavy atom. The summed E-state index contributed by atoms with van der Waals surface area (Å²) in [4.78, 5) is 16.9. The van der Waals surface area contributed by atoms with Crippen molar-refractivity contribution in [2.75, 3.05) is 13.6 Å². The van der Waals surface area contributed by atoms with Gasteiger partial charge < -0.3 is 4.90 Å². The zero-order chi connectivity index (χ0) is 11.4. The molecule has 1 aromatic rings.